The van der Waals surface area contributed by atoms with Gasteiger partial charge in [0.15, 0.2) is 5.84 Å². The number of aromatic nitrogens is 1. The van der Waals surface area contributed by atoms with Crippen molar-refractivity contribution in [2.24, 2.45) is 10.1 Å². The molecule has 0 bridgehead atoms. The molecule has 0 fully saturated rings. The molecule has 6 rings (SSSR count). The maximum Gasteiger partial charge on any atom is 0.283 e. The first-order valence-electron chi connectivity index (χ1n) is 11.2. The van der Waals surface area contributed by atoms with E-state index in [2.05, 4.69) is 51.9 Å². The summed E-state index contributed by atoms with van der Waals surface area (Å²) in [5, 5.41) is 19.2. The van der Waals surface area contributed by atoms with Crippen molar-refractivity contribution in [3.63, 3.8) is 0 Å². The minimum atomic E-state index is -0.406. The smallest absolute Gasteiger partial charge is 0.283 e. The van der Waals surface area contributed by atoms with Gasteiger partial charge in [-0.05, 0) is 53.4 Å². The number of thiophene rings is 1. The Kier molecular flexibility index (Phi) is 5.47. The van der Waals surface area contributed by atoms with Gasteiger partial charge in [-0.1, -0.05) is 48.5 Å². The second-order valence-electron chi connectivity index (χ2n) is 8.43. The number of hydrogen-bond donors (Lipinski definition) is 1. The molecule has 0 radical (unpaired) electrons. The van der Waals surface area contributed by atoms with Crippen LogP contribution in [-0.4, -0.2) is 31.5 Å². The van der Waals surface area contributed by atoms with E-state index in [1.807, 2.05) is 41.9 Å². The Labute approximate surface area is 210 Å². The van der Waals surface area contributed by atoms with Crippen LogP contribution in [0.4, 0.5) is 0 Å². The van der Waals surface area contributed by atoms with E-state index >= 15 is 0 Å². The lowest BCUT2D eigenvalue weighted by Crippen LogP contribution is -2.35. The number of carbonyl (C=O) groups excluding carboxylic acids is 1. The zero-order chi connectivity index (χ0) is 23.9. The number of amides is 1. The molecule has 2 aliphatic rings. The number of carbonyl (C=O) groups is 1. The van der Waals surface area contributed by atoms with Crippen LogP contribution in [0.2, 0.25) is 0 Å². The first-order valence-corrected chi connectivity index (χ1v) is 12.9. The molecule has 4 aromatic rings. The van der Waals surface area contributed by atoms with E-state index in [0.717, 1.165) is 28.1 Å². The summed E-state index contributed by atoms with van der Waals surface area (Å²) in [5.74, 6) is -0.346. The van der Waals surface area contributed by atoms with E-state index in [0.29, 0.717) is 11.6 Å². The minimum Gasteiger partial charge on any atom is -0.342 e. The lowest BCUT2D eigenvalue weighted by molar-refractivity contribution is -0.114. The average Bonchev–Trinajstić information content (AvgIpc) is 3.58. The molecule has 2 aromatic heterocycles. The number of fused-ring (bicyclic) bond motifs is 2. The summed E-state index contributed by atoms with van der Waals surface area (Å²) in [7, 11) is 0. The third-order valence-corrected chi connectivity index (χ3v) is 7.91. The van der Waals surface area contributed by atoms with Gasteiger partial charge >= 0.3 is 0 Å². The van der Waals surface area contributed by atoms with Gasteiger partial charge in [-0.25, -0.2) is 0 Å². The van der Waals surface area contributed by atoms with E-state index in [1.54, 1.807) is 17.4 Å². The fourth-order valence-electron chi connectivity index (χ4n) is 4.31. The summed E-state index contributed by atoms with van der Waals surface area (Å²) in [4.78, 5) is 18.4. The number of hydrazone groups is 1. The van der Waals surface area contributed by atoms with Gasteiger partial charge in [0, 0.05) is 40.5 Å². The van der Waals surface area contributed by atoms with Gasteiger partial charge in [0.05, 0.1) is 5.57 Å². The molecule has 2 aliphatic heterocycles. The summed E-state index contributed by atoms with van der Waals surface area (Å²) in [5.41, 5.74) is 4.68. The number of rotatable bonds is 5. The summed E-state index contributed by atoms with van der Waals surface area (Å²) in [6, 6.07) is 20.5. The molecule has 0 atom stereocenters. The molecule has 0 saturated carbocycles. The predicted octanol–water partition coefficient (Wildman–Crippen LogP) is 5.92. The molecule has 1 amide bonds. The van der Waals surface area contributed by atoms with Crippen LogP contribution >= 0.6 is 23.1 Å². The zero-order valence-corrected chi connectivity index (χ0v) is 20.6. The molecule has 0 spiro atoms. The number of thioether (sulfide) groups is 1. The van der Waals surface area contributed by atoms with Crippen LogP contribution in [0.1, 0.15) is 21.6 Å². The van der Waals surface area contributed by atoms with Crippen LogP contribution in [0.5, 0.6) is 0 Å². The van der Waals surface area contributed by atoms with Crippen molar-refractivity contribution in [2.75, 3.05) is 0 Å². The highest BCUT2D eigenvalue weighted by Gasteiger charge is 2.35. The van der Waals surface area contributed by atoms with Crippen molar-refractivity contribution in [3.05, 3.63) is 99.4 Å². The molecule has 0 saturated heterocycles. The molecule has 2 aromatic carbocycles. The Morgan fingerprint density at radius 1 is 1.06 bits per heavy atom. The third-order valence-electron chi connectivity index (χ3n) is 6.12. The lowest BCUT2D eigenvalue weighted by Gasteiger charge is -2.20. The Hall–Kier alpha value is -3.75. The Bertz CT molecular complexity index is 1580. The van der Waals surface area contributed by atoms with Crippen molar-refractivity contribution in [3.8, 4) is 0 Å². The van der Waals surface area contributed by atoms with E-state index < -0.39 is 5.91 Å². The molecule has 0 unspecified atom stereocenters. The molecule has 0 aliphatic carbocycles. The van der Waals surface area contributed by atoms with Gasteiger partial charge in [-0.3, -0.25) is 10.2 Å². The van der Waals surface area contributed by atoms with Gasteiger partial charge < -0.3 is 4.57 Å². The summed E-state index contributed by atoms with van der Waals surface area (Å²) >= 11 is 3.02. The van der Waals surface area contributed by atoms with Crippen LogP contribution in [0.25, 0.3) is 17.0 Å². The van der Waals surface area contributed by atoms with Crippen molar-refractivity contribution < 1.29 is 4.79 Å². The quantitative estimate of drug-likeness (QED) is 0.349. The highest BCUT2D eigenvalue weighted by Crippen LogP contribution is 2.32. The number of nitrogens with one attached hydrogen (secondary N) is 1. The molecule has 1 N–H and O–H groups in total. The summed E-state index contributed by atoms with van der Waals surface area (Å²) < 4.78 is 2.19. The Balaban J connectivity index is 1.35. The number of para-hydroxylation sites is 1. The number of aliphatic imine (C=N–C) groups is 1. The monoisotopic (exact) mass is 495 g/mol. The number of benzene rings is 2. The van der Waals surface area contributed by atoms with Gasteiger partial charge in [-0.2, -0.15) is 15.1 Å². The van der Waals surface area contributed by atoms with Crippen molar-refractivity contribution in [2.45, 2.75) is 19.9 Å². The lowest BCUT2D eigenvalue weighted by atomic mass is 10.1. The number of amidine groups is 2. The second-order valence-corrected chi connectivity index (χ2v) is 10.5. The fraction of sp³-hybridized carbons (Fsp3) is 0.111. The number of nitrogens with zero attached hydrogens (tertiary/aromatic N) is 4. The SMILES string of the molecule is Cc1ccccc1Cn1cc(C=C2C(=N)N3N=C(Cc4cccs4)SC3=NC2=O)c2ccccc21. The molecule has 35 heavy (non-hydrogen) atoms. The predicted molar refractivity (Wildman–Crippen MR) is 145 cm³/mol. The van der Waals surface area contributed by atoms with Gasteiger partial charge in [0.1, 0.15) is 5.04 Å². The van der Waals surface area contributed by atoms with Crippen molar-refractivity contribution >= 4 is 62.0 Å². The van der Waals surface area contributed by atoms with E-state index in [4.69, 9.17) is 5.41 Å². The number of hydrogen-bond acceptors (Lipinski definition) is 5. The maximum absolute atomic E-state index is 13.0. The largest absolute Gasteiger partial charge is 0.342 e. The molecule has 6 nitrogen and oxygen atoms in total. The standard InChI is InChI=1S/C27H21N5OS2/c1-17-7-2-3-8-18(17)15-31-16-19(21-10-4-5-11-23(21)31)13-22-25(28)32-27(29-26(22)33)35-24(30-32)14-20-9-6-12-34-20/h2-13,16,28H,14-15H2,1H3. The minimum absolute atomic E-state index is 0.0596. The maximum atomic E-state index is 13.0. The van der Waals surface area contributed by atoms with Crippen molar-refractivity contribution in [1.82, 2.24) is 9.58 Å². The van der Waals surface area contributed by atoms with Gasteiger partial charge in [-0.15, -0.1) is 11.3 Å². The van der Waals surface area contributed by atoms with Crippen LogP contribution in [-0.2, 0) is 17.8 Å². The molecular formula is C27H21N5OS2. The van der Waals surface area contributed by atoms with E-state index in [1.165, 1.54) is 32.8 Å². The van der Waals surface area contributed by atoms with Crippen LogP contribution in [0, 0.1) is 12.3 Å². The first-order chi connectivity index (χ1) is 17.1. The highest BCUT2D eigenvalue weighted by molar-refractivity contribution is 8.27. The molecule has 8 heteroatoms. The third kappa shape index (κ3) is 4.05. The van der Waals surface area contributed by atoms with Crippen LogP contribution in [0.3, 0.4) is 0 Å². The van der Waals surface area contributed by atoms with Crippen LogP contribution < -0.4 is 0 Å². The first kappa shape index (κ1) is 21.8. The normalized spacial score (nSPS) is 16.7. The fourth-order valence-corrected chi connectivity index (χ4v) is 6.02. The van der Waals surface area contributed by atoms with E-state index in [9.17, 15) is 4.79 Å². The van der Waals surface area contributed by atoms with E-state index in [-0.39, 0.29) is 11.4 Å². The van der Waals surface area contributed by atoms with Crippen LogP contribution in [0.15, 0.2) is 87.9 Å². The molecular weight excluding hydrogens is 474 g/mol. The van der Waals surface area contributed by atoms with Crippen molar-refractivity contribution in [1.29, 1.82) is 5.41 Å². The molecule has 172 valence electrons. The van der Waals surface area contributed by atoms with Gasteiger partial charge in [0.2, 0.25) is 5.17 Å². The summed E-state index contributed by atoms with van der Waals surface area (Å²) in [6.07, 6.45) is 4.50. The highest BCUT2D eigenvalue weighted by atomic mass is 32.2. The topological polar surface area (TPSA) is 73.8 Å². The Morgan fingerprint density at radius 3 is 2.71 bits per heavy atom. The second kappa shape index (κ2) is 8.79. The number of aryl methyl sites for hydroxylation is 1. The molecule has 4 heterocycles. The summed E-state index contributed by atoms with van der Waals surface area (Å²) in [6.45, 7) is 2.84. The zero-order valence-electron chi connectivity index (χ0n) is 18.9. The Morgan fingerprint density at radius 2 is 1.89 bits per heavy atom. The average molecular weight is 496 g/mol. The van der Waals surface area contributed by atoms with Gasteiger partial charge in [0.25, 0.3) is 5.91 Å².